The maximum absolute atomic E-state index is 5.36. The fourth-order valence-electron chi connectivity index (χ4n) is 1.85. The van der Waals surface area contributed by atoms with Crippen molar-refractivity contribution in [2.75, 3.05) is 7.11 Å². The van der Waals surface area contributed by atoms with Gasteiger partial charge in [-0.15, -0.1) is 0 Å². The average Bonchev–Trinajstić information content (AvgIpc) is 2.40. The summed E-state index contributed by atoms with van der Waals surface area (Å²) in [5.41, 5.74) is 3.54. The number of ether oxygens (including phenoxy) is 1. The van der Waals surface area contributed by atoms with Crippen LogP contribution in [0.25, 0.3) is 11.6 Å². The van der Waals surface area contributed by atoms with Gasteiger partial charge in [-0.1, -0.05) is 54.6 Å². The van der Waals surface area contributed by atoms with E-state index in [1.54, 1.807) is 7.11 Å². The normalized spacial score (nSPS) is 11.3. The highest BCUT2D eigenvalue weighted by molar-refractivity contribution is 5.82. The molecular formula is C16H16O. The van der Waals surface area contributed by atoms with Gasteiger partial charge in [0.15, 0.2) is 0 Å². The minimum atomic E-state index is 0.914. The van der Waals surface area contributed by atoms with Crippen LogP contribution in [0.15, 0.2) is 54.6 Å². The largest absolute Gasteiger partial charge is 0.496 e. The van der Waals surface area contributed by atoms with Crippen molar-refractivity contribution < 1.29 is 4.74 Å². The van der Waals surface area contributed by atoms with E-state index in [0.29, 0.717) is 0 Å². The number of hydrogen-bond donors (Lipinski definition) is 0. The van der Waals surface area contributed by atoms with Crippen LogP contribution in [0.4, 0.5) is 0 Å². The van der Waals surface area contributed by atoms with Crippen LogP contribution in [0.2, 0.25) is 0 Å². The third kappa shape index (κ3) is 2.76. The van der Waals surface area contributed by atoms with Gasteiger partial charge in [-0.25, -0.2) is 0 Å². The standard InChI is InChI=1S/C16H16O/c1-13(12-14-8-4-3-5-9-14)15-10-6-7-11-16(15)17-2/h3-12H,1-2H3. The Morgan fingerprint density at radius 3 is 2.29 bits per heavy atom. The number of benzene rings is 2. The second kappa shape index (κ2) is 5.35. The Morgan fingerprint density at radius 1 is 0.941 bits per heavy atom. The number of hydrogen-bond acceptors (Lipinski definition) is 1. The Labute approximate surface area is 102 Å². The first-order valence-electron chi connectivity index (χ1n) is 5.68. The lowest BCUT2D eigenvalue weighted by atomic mass is 10.0. The molecule has 86 valence electrons. The maximum Gasteiger partial charge on any atom is 0.126 e. The van der Waals surface area contributed by atoms with Gasteiger partial charge in [-0.2, -0.15) is 0 Å². The number of methoxy groups -OCH3 is 1. The smallest absolute Gasteiger partial charge is 0.126 e. The third-order valence-corrected chi connectivity index (χ3v) is 2.71. The van der Waals surface area contributed by atoms with Crippen molar-refractivity contribution in [3.8, 4) is 5.75 Å². The van der Waals surface area contributed by atoms with Gasteiger partial charge in [0, 0.05) is 5.56 Å². The van der Waals surface area contributed by atoms with E-state index in [9.17, 15) is 0 Å². The lowest BCUT2D eigenvalue weighted by molar-refractivity contribution is 0.413. The lowest BCUT2D eigenvalue weighted by Gasteiger charge is -2.08. The molecule has 0 bridgehead atoms. The van der Waals surface area contributed by atoms with Crippen LogP contribution < -0.4 is 4.74 Å². The highest BCUT2D eigenvalue weighted by Gasteiger charge is 2.02. The molecule has 0 amide bonds. The van der Waals surface area contributed by atoms with E-state index in [1.165, 1.54) is 11.1 Å². The molecule has 0 saturated carbocycles. The second-order valence-corrected chi connectivity index (χ2v) is 3.94. The van der Waals surface area contributed by atoms with E-state index in [1.807, 2.05) is 36.4 Å². The molecule has 0 fully saturated rings. The summed E-state index contributed by atoms with van der Waals surface area (Å²) in [6.45, 7) is 2.10. The first-order chi connectivity index (χ1) is 8.31. The van der Waals surface area contributed by atoms with Gasteiger partial charge in [0.05, 0.1) is 7.11 Å². The molecule has 0 aromatic heterocycles. The summed E-state index contributed by atoms with van der Waals surface area (Å²) >= 11 is 0. The van der Waals surface area contributed by atoms with E-state index in [-0.39, 0.29) is 0 Å². The molecule has 0 unspecified atom stereocenters. The molecule has 0 aliphatic heterocycles. The number of para-hydroxylation sites is 1. The van der Waals surface area contributed by atoms with Gasteiger partial charge in [-0.3, -0.25) is 0 Å². The van der Waals surface area contributed by atoms with Gasteiger partial charge in [-0.05, 0) is 24.1 Å². The SMILES string of the molecule is COc1ccccc1C(C)=Cc1ccccc1. The van der Waals surface area contributed by atoms with Gasteiger partial charge in [0.1, 0.15) is 5.75 Å². The summed E-state index contributed by atoms with van der Waals surface area (Å²) in [7, 11) is 1.70. The van der Waals surface area contributed by atoms with Crippen LogP contribution >= 0.6 is 0 Å². The average molecular weight is 224 g/mol. The van der Waals surface area contributed by atoms with Crippen LogP contribution in [-0.2, 0) is 0 Å². The first-order valence-corrected chi connectivity index (χ1v) is 5.68. The van der Waals surface area contributed by atoms with E-state index < -0.39 is 0 Å². The molecule has 0 spiro atoms. The Hall–Kier alpha value is -2.02. The fourth-order valence-corrected chi connectivity index (χ4v) is 1.85. The molecular weight excluding hydrogens is 208 g/mol. The van der Waals surface area contributed by atoms with Gasteiger partial charge in [0.2, 0.25) is 0 Å². The van der Waals surface area contributed by atoms with Crippen LogP contribution in [0.3, 0.4) is 0 Å². The summed E-state index contributed by atoms with van der Waals surface area (Å²) in [6.07, 6.45) is 2.16. The Balaban J connectivity index is 2.37. The van der Waals surface area contributed by atoms with E-state index in [2.05, 4.69) is 31.2 Å². The minimum Gasteiger partial charge on any atom is -0.496 e. The van der Waals surface area contributed by atoms with E-state index >= 15 is 0 Å². The zero-order chi connectivity index (χ0) is 12.1. The molecule has 0 radical (unpaired) electrons. The van der Waals surface area contributed by atoms with Crippen LogP contribution in [0.5, 0.6) is 5.75 Å². The monoisotopic (exact) mass is 224 g/mol. The van der Waals surface area contributed by atoms with Crippen LogP contribution in [0.1, 0.15) is 18.1 Å². The molecule has 0 atom stereocenters. The van der Waals surface area contributed by atoms with Crippen molar-refractivity contribution in [1.82, 2.24) is 0 Å². The van der Waals surface area contributed by atoms with Crippen molar-refractivity contribution in [1.29, 1.82) is 0 Å². The predicted molar refractivity (Wildman–Crippen MR) is 73.0 cm³/mol. The summed E-state index contributed by atoms with van der Waals surface area (Å²) in [6, 6.07) is 18.4. The van der Waals surface area contributed by atoms with E-state index in [4.69, 9.17) is 4.74 Å². The van der Waals surface area contributed by atoms with Crippen molar-refractivity contribution >= 4 is 11.6 Å². The zero-order valence-corrected chi connectivity index (χ0v) is 10.2. The number of allylic oxidation sites excluding steroid dienone is 1. The molecule has 0 N–H and O–H groups in total. The Kier molecular flexibility index (Phi) is 3.61. The lowest BCUT2D eigenvalue weighted by Crippen LogP contribution is -1.89. The molecule has 0 saturated heterocycles. The molecule has 0 aliphatic rings. The van der Waals surface area contributed by atoms with Crippen molar-refractivity contribution in [3.05, 3.63) is 65.7 Å². The van der Waals surface area contributed by atoms with Crippen molar-refractivity contribution in [2.45, 2.75) is 6.92 Å². The fraction of sp³-hybridized carbons (Fsp3) is 0.125. The minimum absolute atomic E-state index is 0.914. The summed E-state index contributed by atoms with van der Waals surface area (Å²) in [5, 5.41) is 0. The Bertz CT molecular complexity index is 512. The summed E-state index contributed by atoms with van der Waals surface area (Å²) in [4.78, 5) is 0. The molecule has 17 heavy (non-hydrogen) atoms. The van der Waals surface area contributed by atoms with Gasteiger partial charge in [0.25, 0.3) is 0 Å². The van der Waals surface area contributed by atoms with Crippen LogP contribution in [-0.4, -0.2) is 7.11 Å². The highest BCUT2D eigenvalue weighted by atomic mass is 16.5. The molecule has 0 aliphatic carbocycles. The Morgan fingerprint density at radius 2 is 1.59 bits per heavy atom. The highest BCUT2D eigenvalue weighted by Crippen LogP contribution is 2.26. The topological polar surface area (TPSA) is 9.23 Å². The van der Waals surface area contributed by atoms with Crippen LogP contribution in [0, 0.1) is 0 Å². The van der Waals surface area contributed by atoms with E-state index in [0.717, 1.165) is 11.3 Å². The molecule has 1 heteroatoms. The molecule has 2 rings (SSSR count). The maximum atomic E-state index is 5.36. The molecule has 2 aromatic carbocycles. The number of rotatable bonds is 3. The second-order valence-electron chi connectivity index (χ2n) is 3.94. The molecule has 2 aromatic rings. The van der Waals surface area contributed by atoms with Crippen molar-refractivity contribution in [2.24, 2.45) is 0 Å². The molecule has 0 heterocycles. The zero-order valence-electron chi connectivity index (χ0n) is 10.2. The third-order valence-electron chi connectivity index (χ3n) is 2.71. The van der Waals surface area contributed by atoms with Crippen molar-refractivity contribution in [3.63, 3.8) is 0 Å². The molecule has 1 nitrogen and oxygen atoms in total. The predicted octanol–water partition coefficient (Wildman–Crippen LogP) is 4.26. The van der Waals surface area contributed by atoms with Gasteiger partial charge >= 0.3 is 0 Å². The summed E-state index contributed by atoms with van der Waals surface area (Å²) < 4.78 is 5.36. The first kappa shape index (κ1) is 11.5. The summed E-state index contributed by atoms with van der Waals surface area (Å²) in [5.74, 6) is 0.914. The quantitative estimate of drug-likeness (QED) is 0.708. The van der Waals surface area contributed by atoms with Gasteiger partial charge < -0.3 is 4.74 Å².